The van der Waals surface area contributed by atoms with Crippen molar-refractivity contribution in [1.29, 1.82) is 0 Å². The lowest BCUT2D eigenvalue weighted by atomic mass is 10.0. The van der Waals surface area contributed by atoms with E-state index < -0.39 is 9.84 Å². The van der Waals surface area contributed by atoms with Crippen molar-refractivity contribution in [3.8, 4) is 0 Å². The Hall–Kier alpha value is -1.11. The molecule has 0 aromatic heterocycles. The van der Waals surface area contributed by atoms with Gasteiger partial charge in [-0.3, -0.25) is 9.59 Å². The number of hydrogen-bond acceptors (Lipinski definition) is 4. The maximum absolute atomic E-state index is 12.3. The van der Waals surface area contributed by atoms with E-state index in [1.54, 1.807) is 9.80 Å². The Balaban J connectivity index is 1.92. The summed E-state index contributed by atoms with van der Waals surface area (Å²) in [5, 5.41) is 0. The molecule has 2 amide bonds. The van der Waals surface area contributed by atoms with Gasteiger partial charge in [-0.1, -0.05) is 0 Å². The van der Waals surface area contributed by atoms with Gasteiger partial charge in [-0.25, -0.2) is 8.42 Å². The number of carbonyl (C=O) groups excluding carboxylic acids is 2. The number of hydrogen-bond donors (Lipinski definition) is 0. The molecule has 0 aromatic rings. The zero-order valence-electron chi connectivity index (χ0n) is 11.2. The number of rotatable bonds is 1. The van der Waals surface area contributed by atoms with Crippen molar-refractivity contribution in [2.75, 3.05) is 37.7 Å². The lowest BCUT2D eigenvalue weighted by Crippen LogP contribution is -2.52. The van der Waals surface area contributed by atoms with Crippen molar-refractivity contribution in [2.24, 2.45) is 5.92 Å². The predicted octanol–water partition coefficient (Wildman–Crippen LogP) is -0.498. The summed E-state index contributed by atoms with van der Waals surface area (Å²) in [6.45, 7) is 3.62. The maximum Gasteiger partial charge on any atom is 0.226 e. The van der Waals surface area contributed by atoms with E-state index in [0.717, 1.165) is 0 Å². The molecule has 2 saturated heterocycles. The third kappa shape index (κ3) is 3.46. The van der Waals surface area contributed by atoms with Gasteiger partial charge in [0.1, 0.15) is 0 Å². The quantitative estimate of drug-likeness (QED) is 0.652. The Morgan fingerprint density at radius 1 is 1.05 bits per heavy atom. The zero-order chi connectivity index (χ0) is 14.0. The van der Waals surface area contributed by atoms with Gasteiger partial charge >= 0.3 is 0 Å². The van der Waals surface area contributed by atoms with Crippen molar-refractivity contribution < 1.29 is 18.0 Å². The van der Waals surface area contributed by atoms with Crippen LogP contribution in [0.5, 0.6) is 0 Å². The first-order valence-electron chi connectivity index (χ1n) is 6.64. The van der Waals surface area contributed by atoms with Crippen LogP contribution < -0.4 is 0 Å². The van der Waals surface area contributed by atoms with Crippen molar-refractivity contribution >= 4 is 21.7 Å². The molecule has 2 fully saturated rings. The lowest BCUT2D eigenvalue weighted by Gasteiger charge is -2.36. The molecule has 2 rings (SSSR count). The van der Waals surface area contributed by atoms with E-state index in [1.165, 1.54) is 6.92 Å². The second-order valence-electron chi connectivity index (χ2n) is 5.28. The van der Waals surface area contributed by atoms with Crippen LogP contribution in [0.2, 0.25) is 0 Å². The maximum atomic E-state index is 12.3. The normalized spacial score (nSPS) is 27.1. The highest BCUT2D eigenvalue weighted by Crippen LogP contribution is 2.21. The highest BCUT2D eigenvalue weighted by Gasteiger charge is 2.33. The summed E-state index contributed by atoms with van der Waals surface area (Å²) in [7, 11) is -3.05. The molecule has 6 nitrogen and oxygen atoms in total. The smallest absolute Gasteiger partial charge is 0.226 e. The van der Waals surface area contributed by atoms with Gasteiger partial charge in [0.25, 0.3) is 0 Å². The molecule has 0 bridgehead atoms. The van der Waals surface area contributed by atoms with Crippen LogP contribution in [-0.2, 0) is 19.4 Å². The van der Waals surface area contributed by atoms with Crippen LogP contribution in [0.25, 0.3) is 0 Å². The zero-order valence-corrected chi connectivity index (χ0v) is 12.0. The molecule has 2 heterocycles. The highest BCUT2D eigenvalue weighted by molar-refractivity contribution is 7.91. The first kappa shape index (κ1) is 14.3. The second kappa shape index (κ2) is 5.48. The van der Waals surface area contributed by atoms with E-state index >= 15 is 0 Å². The summed E-state index contributed by atoms with van der Waals surface area (Å²) in [6, 6.07) is 0. The Labute approximate surface area is 113 Å². The van der Waals surface area contributed by atoms with Crippen LogP contribution in [-0.4, -0.2) is 67.7 Å². The molecular formula is C12H20N2O4S. The van der Waals surface area contributed by atoms with E-state index in [0.29, 0.717) is 39.0 Å². The lowest BCUT2D eigenvalue weighted by molar-refractivity contribution is -0.141. The van der Waals surface area contributed by atoms with Gasteiger partial charge in [-0.15, -0.1) is 0 Å². The first-order valence-corrected chi connectivity index (χ1v) is 8.46. The van der Waals surface area contributed by atoms with Crippen molar-refractivity contribution in [3.05, 3.63) is 0 Å². The summed E-state index contributed by atoms with van der Waals surface area (Å²) >= 11 is 0. The number of amides is 2. The second-order valence-corrected chi connectivity index (χ2v) is 7.51. The number of nitrogens with zero attached hydrogens (tertiary/aromatic N) is 2. The van der Waals surface area contributed by atoms with E-state index in [-0.39, 0.29) is 29.2 Å². The van der Waals surface area contributed by atoms with Crippen molar-refractivity contribution in [2.45, 2.75) is 19.8 Å². The van der Waals surface area contributed by atoms with Crippen LogP contribution in [0.4, 0.5) is 0 Å². The van der Waals surface area contributed by atoms with Gasteiger partial charge in [0.15, 0.2) is 9.84 Å². The SMILES string of the molecule is CC(=O)N1CCN(C(=O)C2CCCS(=O)(=O)C2)CC1. The number of carbonyl (C=O) groups is 2. The molecule has 0 aromatic carbocycles. The van der Waals surface area contributed by atoms with E-state index in [1.807, 2.05) is 0 Å². The van der Waals surface area contributed by atoms with Gasteiger partial charge in [-0.05, 0) is 12.8 Å². The summed E-state index contributed by atoms with van der Waals surface area (Å²) in [4.78, 5) is 26.9. The molecule has 19 heavy (non-hydrogen) atoms. The standard InChI is InChI=1S/C12H20N2O4S/c1-10(15)13-4-6-14(7-5-13)12(16)11-3-2-8-19(17,18)9-11/h11H,2-9H2,1H3. The average molecular weight is 288 g/mol. The van der Waals surface area contributed by atoms with Gasteiger partial charge in [-0.2, -0.15) is 0 Å². The summed E-state index contributed by atoms with van der Waals surface area (Å²) < 4.78 is 23.1. The number of piperazine rings is 1. The molecule has 0 saturated carbocycles. The Bertz CT molecular complexity index is 466. The van der Waals surface area contributed by atoms with E-state index in [9.17, 15) is 18.0 Å². The van der Waals surface area contributed by atoms with E-state index in [4.69, 9.17) is 0 Å². The minimum atomic E-state index is -3.05. The molecule has 0 radical (unpaired) electrons. The molecule has 0 N–H and O–H groups in total. The Morgan fingerprint density at radius 3 is 2.16 bits per heavy atom. The molecule has 7 heteroatoms. The average Bonchev–Trinajstić information content (AvgIpc) is 2.37. The van der Waals surface area contributed by atoms with E-state index in [2.05, 4.69) is 0 Å². The van der Waals surface area contributed by atoms with Crippen LogP contribution >= 0.6 is 0 Å². The molecule has 1 atom stereocenters. The van der Waals surface area contributed by atoms with Crippen LogP contribution in [0.3, 0.4) is 0 Å². The van der Waals surface area contributed by atoms with Crippen LogP contribution in [0, 0.1) is 5.92 Å². The third-order valence-electron chi connectivity index (χ3n) is 3.85. The highest BCUT2D eigenvalue weighted by atomic mass is 32.2. The molecular weight excluding hydrogens is 268 g/mol. The van der Waals surface area contributed by atoms with Crippen molar-refractivity contribution in [1.82, 2.24) is 9.80 Å². The summed E-state index contributed by atoms with van der Waals surface area (Å²) in [5.74, 6) is -0.241. The fourth-order valence-electron chi connectivity index (χ4n) is 2.72. The molecule has 0 spiro atoms. The first-order chi connectivity index (χ1) is 8.89. The fourth-order valence-corrected chi connectivity index (χ4v) is 4.41. The Morgan fingerprint density at radius 2 is 1.63 bits per heavy atom. The van der Waals surface area contributed by atoms with Crippen LogP contribution in [0.1, 0.15) is 19.8 Å². The van der Waals surface area contributed by atoms with Gasteiger partial charge < -0.3 is 9.80 Å². The third-order valence-corrected chi connectivity index (χ3v) is 5.67. The molecule has 1 unspecified atom stereocenters. The number of sulfone groups is 1. The fraction of sp³-hybridized carbons (Fsp3) is 0.833. The van der Waals surface area contributed by atoms with Gasteiger partial charge in [0.05, 0.1) is 17.4 Å². The monoisotopic (exact) mass is 288 g/mol. The van der Waals surface area contributed by atoms with Gasteiger partial charge in [0, 0.05) is 33.1 Å². The molecule has 0 aliphatic carbocycles. The molecule has 108 valence electrons. The molecule has 2 aliphatic heterocycles. The summed E-state index contributed by atoms with van der Waals surface area (Å²) in [5.41, 5.74) is 0. The Kier molecular flexibility index (Phi) is 4.13. The largest absolute Gasteiger partial charge is 0.339 e. The summed E-state index contributed by atoms with van der Waals surface area (Å²) in [6.07, 6.45) is 1.23. The van der Waals surface area contributed by atoms with Crippen molar-refractivity contribution in [3.63, 3.8) is 0 Å². The molecule has 2 aliphatic rings. The predicted molar refractivity (Wildman–Crippen MR) is 70.2 cm³/mol. The van der Waals surface area contributed by atoms with Gasteiger partial charge in [0.2, 0.25) is 11.8 Å². The minimum absolute atomic E-state index is 0.0151. The minimum Gasteiger partial charge on any atom is -0.339 e. The van der Waals surface area contributed by atoms with Crippen LogP contribution in [0.15, 0.2) is 0 Å². The topological polar surface area (TPSA) is 74.8 Å².